The fourth-order valence-corrected chi connectivity index (χ4v) is 5.43. The van der Waals surface area contributed by atoms with Crippen LogP contribution in [-0.4, -0.2) is 41.9 Å². The topological polar surface area (TPSA) is 92.3 Å². The predicted molar refractivity (Wildman–Crippen MR) is 115 cm³/mol. The number of aryl methyl sites for hydroxylation is 1. The van der Waals surface area contributed by atoms with Crippen LogP contribution in [0.4, 0.5) is 5.13 Å². The van der Waals surface area contributed by atoms with Crippen molar-refractivity contribution in [3.63, 3.8) is 0 Å². The maximum atomic E-state index is 12.7. The zero-order valence-electron chi connectivity index (χ0n) is 17.1. The fraction of sp³-hybridized carbons (Fsp3) is 0.550. The van der Waals surface area contributed by atoms with Gasteiger partial charge in [-0.2, -0.15) is 4.31 Å². The molecule has 1 aliphatic rings. The van der Waals surface area contributed by atoms with Crippen LogP contribution in [0.2, 0.25) is 0 Å². The van der Waals surface area contributed by atoms with Crippen LogP contribution in [0.15, 0.2) is 29.2 Å². The Morgan fingerprint density at radius 3 is 2.34 bits per heavy atom. The van der Waals surface area contributed by atoms with E-state index in [9.17, 15) is 13.2 Å². The molecule has 1 saturated heterocycles. The van der Waals surface area contributed by atoms with E-state index in [4.69, 9.17) is 0 Å². The van der Waals surface area contributed by atoms with E-state index in [2.05, 4.69) is 15.5 Å². The summed E-state index contributed by atoms with van der Waals surface area (Å²) in [4.78, 5) is 12.5. The second kappa shape index (κ2) is 8.89. The van der Waals surface area contributed by atoms with Crippen LogP contribution in [0.1, 0.15) is 57.0 Å². The van der Waals surface area contributed by atoms with Crippen molar-refractivity contribution in [2.75, 3.05) is 18.4 Å². The molecule has 1 aromatic carbocycles. The molecule has 9 heteroatoms. The van der Waals surface area contributed by atoms with Gasteiger partial charge in [0.15, 0.2) is 0 Å². The first-order chi connectivity index (χ1) is 13.7. The van der Waals surface area contributed by atoms with Gasteiger partial charge in [0, 0.05) is 24.9 Å². The summed E-state index contributed by atoms with van der Waals surface area (Å²) in [6.45, 7) is 7.33. The quantitative estimate of drug-likeness (QED) is 0.747. The van der Waals surface area contributed by atoms with Crippen LogP contribution in [0.3, 0.4) is 0 Å². The van der Waals surface area contributed by atoms with Crippen LogP contribution in [0.25, 0.3) is 0 Å². The van der Waals surface area contributed by atoms with Crippen LogP contribution < -0.4 is 5.32 Å². The van der Waals surface area contributed by atoms with Crippen LogP contribution in [0, 0.1) is 0 Å². The molecule has 0 aliphatic carbocycles. The van der Waals surface area contributed by atoms with Gasteiger partial charge in [-0.15, -0.1) is 10.2 Å². The van der Waals surface area contributed by atoms with Gasteiger partial charge in [0.05, 0.1) is 4.90 Å². The van der Waals surface area contributed by atoms with Crippen molar-refractivity contribution in [3.05, 3.63) is 34.8 Å². The lowest BCUT2D eigenvalue weighted by Gasteiger charge is -2.25. The normalized spacial score (nSPS) is 16.0. The van der Waals surface area contributed by atoms with E-state index in [1.165, 1.54) is 11.3 Å². The van der Waals surface area contributed by atoms with Crippen molar-refractivity contribution in [2.24, 2.45) is 0 Å². The molecule has 1 N–H and O–H groups in total. The lowest BCUT2D eigenvalue weighted by molar-refractivity contribution is -0.116. The molecule has 0 saturated carbocycles. The number of sulfonamides is 1. The first kappa shape index (κ1) is 21.9. The third kappa shape index (κ3) is 5.61. The maximum absolute atomic E-state index is 12.7. The molecule has 0 unspecified atom stereocenters. The van der Waals surface area contributed by atoms with Gasteiger partial charge in [0.25, 0.3) is 0 Å². The van der Waals surface area contributed by atoms with Crippen LogP contribution >= 0.6 is 11.3 Å². The van der Waals surface area contributed by atoms with E-state index in [1.54, 1.807) is 28.6 Å². The number of amides is 1. The summed E-state index contributed by atoms with van der Waals surface area (Å²) in [7, 11) is -3.42. The Hall–Kier alpha value is -1.84. The summed E-state index contributed by atoms with van der Waals surface area (Å²) in [6.07, 6.45) is 3.74. The molecule has 2 heterocycles. The fourth-order valence-electron chi connectivity index (χ4n) is 3.10. The molecule has 1 amide bonds. The molecule has 158 valence electrons. The van der Waals surface area contributed by atoms with Gasteiger partial charge < -0.3 is 5.32 Å². The smallest absolute Gasteiger partial charge is 0.243 e. The molecule has 0 radical (unpaired) electrons. The molecule has 1 aliphatic heterocycles. The molecule has 0 spiro atoms. The highest BCUT2D eigenvalue weighted by molar-refractivity contribution is 7.89. The first-order valence-corrected chi connectivity index (χ1v) is 12.1. The number of nitrogens with one attached hydrogen (secondary N) is 1. The standard InChI is InChI=1S/C20H28N4O3S2/c1-20(2,3)18-22-23-19(28-18)21-17(25)12-9-15-7-10-16(11-8-15)29(26,27)24-13-5-4-6-14-24/h7-8,10-11H,4-6,9,12-14H2,1-3H3,(H,21,23,25). The Morgan fingerprint density at radius 1 is 1.10 bits per heavy atom. The average molecular weight is 437 g/mol. The minimum absolute atomic E-state index is 0.100. The van der Waals surface area contributed by atoms with Gasteiger partial charge >= 0.3 is 0 Å². The number of benzene rings is 1. The number of piperidine rings is 1. The Morgan fingerprint density at radius 2 is 1.76 bits per heavy atom. The monoisotopic (exact) mass is 436 g/mol. The van der Waals surface area contributed by atoms with E-state index >= 15 is 0 Å². The SMILES string of the molecule is CC(C)(C)c1nnc(NC(=O)CCc2ccc(S(=O)(=O)N3CCCCC3)cc2)s1. The maximum Gasteiger partial charge on any atom is 0.243 e. The average Bonchev–Trinajstić information content (AvgIpc) is 3.16. The van der Waals surface area contributed by atoms with Gasteiger partial charge in [-0.1, -0.05) is 50.7 Å². The largest absolute Gasteiger partial charge is 0.301 e. The molecule has 29 heavy (non-hydrogen) atoms. The molecular weight excluding hydrogens is 408 g/mol. The summed E-state index contributed by atoms with van der Waals surface area (Å²) in [5.41, 5.74) is 0.821. The highest BCUT2D eigenvalue weighted by Gasteiger charge is 2.25. The Kier molecular flexibility index (Phi) is 6.70. The molecule has 3 rings (SSSR count). The number of carbonyl (C=O) groups excluding carboxylic acids is 1. The highest BCUT2D eigenvalue weighted by Crippen LogP contribution is 2.27. The number of rotatable bonds is 6. The van der Waals surface area contributed by atoms with E-state index in [0.717, 1.165) is 29.8 Å². The molecule has 0 atom stereocenters. The Labute approximate surface area is 176 Å². The zero-order chi connectivity index (χ0) is 21.1. The minimum atomic E-state index is -3.42. The number of anilines is 1. The van der Waals surface area contributed by atoms with Crippen molar-refractivity contribution in [2.45, 2.75) is 63.2 Å². The number of hydrogen-bond acceptors (Lipinski definition) is 6. The zero-order valence-corrected chi connectivity index (χ0v) is 18.8. The molecule has 0 bridgehead atoms. The summed E-state index contributed by atoms with van der Waals surface area (Å²) >= 11 is 1.38. The number of nitrogens with zero attached hydrogens (tertiary/aromatic N) is 3. The first-order valence-electron chi connectivity index (χ1n) is 9.89. The van der Waals surface area contributed by atoms with Crippen molar-refractivity contribution < 1.29 is 13.2 Å². The number of carbonyl (C=O) groups is 1. The molecule has 2 aromatic rings. The van der Waals surface area contributed by atoms with Crippen molar-refractivity contribution in [1.29, 1.82) is 0 Å². The Balaban J connectivity index is 1.54. The van der Waals surface area contributed by atoms with Crippen molar-refractivity contribution >= 4 is 32.4 Å². The van der Waals surface area contributed by atoms with E-state index in [0.29, 0.717) is 36.0 Å². The summed E-state index contributed by atoms with van der Waals surface area (Å²) in [6, 6.07) is 6.84. The molecular formula is C20H28N4O3S2. The van der Waals surface area contributed by atoms with E-state index in [-0.39, 0.29) is 11.3 Å². The Bertz CT molecular complexity index is 941. The summed E-state index contributed by atoms with van der Waals surface area (Å²) < 4.78 is 26.9. The third-order valence-corrected chi connectivity index (χ3v) is 8.01. The van der Waals surface area contributed by atoms with Gasteiger partial charge in [-0.25, -0.2) is 8.42 Å². The number of hydrogen-bond donors (Lipinski definition) is 1. The lowest BCUT2D eigenvalue weighted by atomic mass is 9.98. The van der Waals surface area contributed by atoms with Gasteiger partial charge in [-0.05, 0) is 37.0 Å². The number of aromatic nitrogens is 2. The molecule has 1 aromatic heterocycles. The van der Waals surface area contributed by atoms with Crippen molar-refractivity contribution in [1.82, 2.24) is 14.5 Å². The van der Waals surface area contributed by atoms with E-state index in [1.807, 2.05) is 20.8 Å². The van der Waals surface area contributed by atoms with E-state index < -0.39 is 10.0 Å². The predicted octanol–water partition coefficient (Wildman–Crippen LogP) is 3.58. The van der Waals surface area contributed by atoms with Gasteiger partial charge in [0.1, 0.15) is 5.01 Å². The van der Waals surface area contributed by atoms with Gasteiger partial charge in [0.2, 0.25) is 21.1 Å². The summed E-state index contributed by atoms with van der Waals surface area (Å²) in [5.74, 6) is -0.133. The van der Waals surface area contributed by atoms with Gasteiger partial charge in [-0.3, -0.25) is 4.79 Å². The minimum Gasteiger partial charge on any atom is -0.301 e. The van der Waals surface area contributed by atoms with Crippen LogP contribution in [0.5, 0.6) is 0 Å². The van der Waals surface area contributed by atoms with Crippen molar-refractivity contribution in [3.8, 4) is 0 Å². The molecule has 1 fully saturated rings. The second-order valence-corrected chi connectivity index (χ2v) is 11.2. The lowest BCUT2D eigenvalue weighted by Crippen LogP contribution is -2.35. The molecule has 7 nitrogen and oxygen atoms in total. The second-order valence-electron chi connectivity index (χ2n) is 8.32. The summed E-state index contributed by atoms with van der Waals surface area (Å²) in [5, 5.41) is 12.3. The highest BCUT2D eigenvalue weighted by atomic mass is 32.2. The third-order valence-electron chi connectivity index (χ3n) is 4.83. The van der Waals surface area contributed by atoms with Crippen LogP contribution in [-0.2, 0) is 26.7 Å².